The summed E-state index contributed by atoms with van der Waals surface area (Å²) < 4.78 is 18.8. The molecule has 42 heavy (non-hydrogen) atoms. The Morgan fingerprint density at radius 1 is 1.07 bits per heavy atom. The van der Waals surface area contributed by atoms with Crippen LogP contribution in [0.15, 0.2) is 36.4 Å². The van der Waals surface area contributed by atoms with Gasteiger partial charge in [-0.25, -0.2) is 9.18 Å². The number of phenolic OH excluding ortho intramolecular Hbond substituents is 1. The van der Waals surface area contributed by atoms with Gasteiger partial charge in [-0.05, 0) is 61.2 Å². The molecule has 5 rings (SSSR count). The molecule has 11 nitrogen and oxygen atoms in total. The predicted molar refractivity (Wildman–Crippen MR) is 143 cm³/mol. The van der Waals surface area contributed by atoms with Crippen LogP contribution in [0.1, 0.15) is 34.1 Å². The Hall–Kier alpha value is -4.29. The van der Waals surface area contributed by atoms with Gasteiger partial charge in [0.2, 0.25) is 12.1 Å². The number of benzene rings is 2. The number of likely N-dealkylation sites (N-methyl/N-ethyl adjacent to an activating group) is 1. The zero-order valence-corrected chi connectivity index (χ0v) is 23.0. The number of hydrogen-bond donors (Lipinski definition) is 3. The second-order valence-corrected chi connectivity index (χ2v) is 11.3. The van der Waals surface area contributed by atoms with Gasteiger partial charge in [0.25, 0.3) is 0 Å². The van der Waals surface area contributed by atoms with Gasteiger partial charge in [0.05, 0.1) is 24.6 Å². The number of halogens is 1. The molecule has 0 spiro atoms. The van der Waals surface area contributed by atoms with Gasteiger partial charge in [0.1, 0.15) is 5.75 Å². The van der Waals surface area contributed by atoms with E-state index in [-0.39, 0.29) is 24.0 Å². The van der Waals surface area contributed by atoms with Crippen LogP contribution in [0.4, 0.5) is 4.39 Å². The largest absolute Gasteiger partial charge is 0.507 e. The van der Waals surface area contributed by atoms with Crippen LogP contribution in [-0.2, 0) is 35.1 Å². The van der Waals surface area contributed by atoms with Crippen molar-refractivity contribution in [2.45, 2.75) is 30.7 Å². The molecule has 0 radical (unpaired) electrons. The van der Waals surface area contributed by atoms with Gasteiger partial charge >= 0.3 is 5.97 Å². The number of nitrogens with zero attached hydrogens (tertiary/aromatic N) is 1. The Balaban J connectivity index is 1.59. The first-order valence-electron chi connectivity index (χ1n) is 13.3. The molecule has 0 bridgehead atoms. The standard InChI is InChI=1S/C30H29FN2O9/c1-33(2)23-17-11-14-10-16-15(12-4-6-13(7-5-12)22(31)29(40)42-3)8-9-18(34)20(16)24(35)19(14)26(37)30(17,41)27(38)21(25(23)36)28(32)39/h4-9,14,17,19,21-23,34,41H,10-11H2,1-3H3,(H2,32,39)/t14-,17-,19?,21?,22?,23-,30-/m0/s1. The molecule has 0 aliphatic heterocycles. The molecule has 12 heteroatoms. The summed E-state index contributed by atoms with van der Waals surface area (Å²) in [5.74, 6) is -12.4. The van der Waals surface area contributed by atoms with Crippen LogP contribution in [0.25, 0.3) is 11.1 Å². The number of methoxy groups -OCH3 is 1. The molecule has 0 saturated heterocycles. The van der Waals surface area contributed by atoms with Gasteiger partial charge in [-0.3, -0.25) is 28.9 Å². The molecule has 0 heterocycles. The second kappa shape index (κ2) is 10.2. The predicted octanol–water partition coefficient (Wildman–Crippen LogP) is 0.718. The minimum Gasteiger partial charge on any atom is -0.507 e. The number of nitrogens with two attached hydrogens (primary N) is 1. The van der Waals surface area contributed by atoms with Crippen LogP contribution >= 0.6 is 0 Å². The van der Waals surface area contributed by atoms with E-state index in [0.29, 0.717) is 16.7 Å². The van der Waals surface area contributed by atoms with Crippen LogP contribution < -0.4 is 5.73 Å². The summed E-state index contributed by atoms with van der Waals surface area (Å²) in [6.07, 6.45) is -2.00. The van der Waals surface area contributed by atoms with Crippen molar-refractivity contribution < 1.29 is 48.1 Å². The lowest BCUT2D eigenvalue weighted by Gasteiger charge is -2.52. The number of phenols is 1. The monoisotopic (exact) mass is 580 g/mol. The SMILES string of the molecule is COC(=O)C(F)c1ccc(-c2ccc(O)c3c2C[C@H]2C[C@H]4[C@H](N(C)C)C(=O)C(C(N)=O)C(=O)[C@@]4(O)C(=O)C2C3=O)cc1. The highest BCUT2D eigenvalue weighted by Gasteiger charge is 2.69. The van der Waals surface area contributed by atoms with E-state index in [9.17, 15) is 43.4 Å². The maximum atomic E-state index is 14.4. The summed E-state index contributed by atoms with van der Waals surface area (Å²) in [6, 6.07) is 7.51. The number of ketones is 4. The van der Waals surface area contributed by atoms with Gasteiger partial charge in [-0.1, -0.05) is 30.3 Å². The Morgan fingerprint density at radius 3 is 2.29 bits per heavy atom. The molecule has 3 unspecified atom stereocenters. The fourth-order valence-corrected chi connectivity index (χ4v) is 6.95. The van der Waals surface area contributed by atoms with Gasteiger partial charge in [-0.2, -0.15) is 0 Å². The van der Waals surface area contributed by atoms with Crippen LogP contribution in [0.3, 0.4) is 0 Å². The Morgan fingerprint density at radius 2 is 1.71 bits per heavy atom. The number of alkyl halides is 1. The van der Waals surface area contributed by atoms with Gasteiger partial charge in [0, 0.05) is 5.92 Å². The van der Waals surface area contributed by atoms with Crippen molar-refractivity contribution in [3.05, 3.63) is 53.1 Å². The van der Waals surface area contributed by atoms with Crippen molar-refractivity contribution in [3.63, 3.8) is 0 Å². The fourth-order valence-electron chi connectivity index (χ4n) is 6.95. The molecule has 220 valence electrons. The van der Waals surface area contributed by atoms with Crippen molar-refractivity contribution in [2.24, 2.45) is 29.4 Å². The van der Waals surface area contributed by atoms with Crippen LogP contribution in [0, 0.1) is 23.7 Å². The van der Waals surface area contributed by atoms with Gasteiger partial charge in [-0.15, -0.1) is 0 Å². The maximum absolute atomic E-state index is 14.4. The topological polar surface area (TPSA) is 181 Å². The molecule has 2 aromatic carbocycles. The minimum atomic E-state index is -2.80. The lowest BCUT2D eigenvalue weighted by atomic mass is 9.52. The number of aromatic hydroxyl groups is 1. The quantitative estimate of drug-likeness (QED) is 0.337. The summed E-state index contributed by atoms with van der Waals surface area (Å²) in [7, 11) is 4.09. The molecule has 4 N–H and O–H groups in total. The van der Waals surface area contributed by atoms with Gasteiger partial charge < -0.3 is 20.7 Å². The van der Waals surface area contributed by atoms with E-state index in [1.165, 1.54) is 37.2 Å². The second-order valence-electron chi connectivity index (χ2n) is 11.3. The molecule has 3 aliphatic carbocycles. The average molecular weight is 581 g/mol. The smallest absolute Gasteiger partial charge is 0.345 e. The number of hydrogen-bond acceptors (Lipinski definition) is 10. The molecular weight excluding hydrogens is 551 g/mol. The summed E-state index contributed by atoms with van der Waals surface area (Å²) in [5, 5.41) is 22.4. The number of primary amides is 1. The van der Waals surface area contributed by atoms with E-state index in [4.69, 9.17) is 5.73 Å². The number of aliphatic hydroxyl groups is 1. The van der Waals surface area contributed by atoms with Crippen molar-refractivity contribution in [3.8, 4) is 16.9 Å². The van der Waals surface area contributed by atoms with E-state index in [0.717, 1.165) is 7.11 Å². The van der Waals surface area contributed by atoms with Crippen LogP contribution in [-0.4, -0.2) is 83.0 Å². The minimum absolute atomic E-state index is 0.0576. The van der Waals surface area contributed by atoms with Crippen LogP contribution in [0.5, 0.6) is 5.75 Å². The van der Waals surface area contributed by atoms with Crippen molar-refractivity contribution in [1.82, 2.24) is 4.90 Å². The molecule has 2 aromatic rings. The first kappa shape index (κ1) is 29.2. The normalized spacial score (nSPS) is 29.4. The van der Waals surface area contributed by atoms with Crippen LogP contribution in [0.2, 0.25) is 0 Å². The number of Topliss-reactive ketones (excluding diaryl/α,β-unsaturated/α-hetero) is 4. The summed E-state index contributed by atoms with van der Waals surface area (Å²) >= 11 is 0. The van der Waals surface area contributed by atoms with E-state index in [1.54, 1.807) is 18.2 Å². The third-order valence-corrected chi connectivity index (χ3v) is 8.87. The fraction of sp³-hybridized carbons (Fsp3) is 0.400. The number of carbonyl (C=O) groups is 6. The van der Waals surface area contributed by atoms with Crippen molar-refractivity contribution >= 4 is 35.0 Å². The molecule has 7 atom stereocenters. The number of ether oxygens (including phenoxy) is 1. The molecule has 3 aliphatic rings. The zero-order valence-electron chi connectivity index (χ0n) is 23.0. The highest BCUT2D eigenvalue weighted by atomic mass is 19.1. The number of rotatable bonds is 5. The third kappa shape index (κ3) is 4.08. The van der Waals surface area contributed by atoms with Crippen molar-refractivity contribution in [1.29, 1.82) is 0 Å². The molecule has 2 fully saturated rings. The third-order valence-electron chi connectivity index (χ3n) is 8.87. The highest BCUT2D eigenvalue weighted by Crippen LogP contribution is 2.51. The number of esters is 1. The first-order chi connectivity index (χ1) is 19.7. The Kier molecular flexibility index (Phi) is 7.10. The lowest BCUT2D eigenvalue weighted by molar-refractivity contribution is -0.181. The van der Waals surface area contributed by atoms with E-state index in [2.05, 4.69) is 4.74 Å². The maximum Gasteiger partial charge on any atom is 0.345 e. The van der Waals surface area contributed by atoms with E-state index in [1.807, 2.05) is 0 Å². The van der Waals surface area contributed by atoms with Crippen molar-refractivity contribution in [2.75, 3.05) is 21.2 Å². The number of amides is 1. The average Bonchev–Trinajstić information content (AvgIpc) is 2.94. The summed E-state index contributed by atoms with van der Waals surface area (Å²) in [5.41, 5.74) is 3.89. The molecule has 1 amide bonds. The van der Waals surface area contributed by atoms with Gasteiger partial charge in [0.15, 0.2) is 34.7 Å². The van der Waals surface area contributed by atoms with E-state index < -0.39 is 82.2 Å². The Bertz CT molecular complexity index is 1550. The molecule has 2 saturated carbocycles. The molecule has 0 aromatic heterocycles. The zero-order chi connectivity index (χ0) is 30.8. The highest BCUT2D eigenvalue weighted by molar-refractivity contribution is 6.32. The number of fused-ring (bicyclic) bond motifs is 3. The van der Waals surface area contributed by atoms with E-state index >= 15 is 0 Å². The summed E-state index contributed by atoms with van der Waals surface area (Å²) in [4.78, 5) is 79.5. The Labute approximate surface area is 239 Å². The molecular formula is C30H29FN2O9. The summed E-state index contributed by atoms with van der Waals surface area (Å²) in [6.45, 7) is 0. The number of carbonyl (C=O) groups excluding carboxylic acids is 6. The first-order valence-corrected chi connectivity index (χ1v) is 13.3. The lowest BCUT2D eigenvalue weighted by Crippen LogP contribution is -2.74.